The van der Waals surface area contributed by atoms with Crippen molar-refractivity contribution in [1.29, 1.82) is 0 Å². The minimum Gasteiger partial charge on any atom is -0.484 e. The quantitative estimate of drug-likeness (QED) is 0.619. The van der Waals surface area contributed by atoms with Gasteiger partial charge in [0.05, 0.1) is 0 Å². The lowest BCUT2D eigenvalue weighted by molar-refractivity contribution is -0.142. The molecule has 0 saturated carbocycles. The Kier molecular flexibility index (Phi) is 8.56. The predicted molar refractivity (Wildman–Crippen MR) is 121 cm³/mol. The molecule has 2 amide bonds. The Morgan fingerprint density at radius 3 is 2.23 bits per heavy atom. The number of nitrogens with one attached hydrogen (secondary N) is 1. The summed E-state index contributed by atoms with van der Waals surface area (Å²) >= 11 is 12.6. The monoisotopic (exact) mass is 450 g/mol. The fourth-order valence-electron chi connectivity index (χ4n) is 2.87. The van der Waals surface area contributed by atoms with Crippen molar-refractivity contribution in [2.24, 2.45) is 0 Å². The molecule has 1 atom stereocenters. The second-order valence-electron chi connectivity index (χ2n) is 7.60. The van der Waals surface area contributed by atoms with Crippen molar-refractivity contribution in [3.8, 4) is 5.75 Å². The molecule has 2 aromatic carbocycles. The number of amides is 2. The maximum atomic E-state index is 13.1. The lowest BCUT2D eigenvalue weighted by Gasteiger charge is -2.30. The van der Waals surface area contributed by atoms with E-state index < -0.39 is 6.04 Å². The molecule has 0 radical (unpaired) electrons. The number of hydrogen-bond acceptors (Lipinski definition) is 3. The Balaban J connectivity index is 2.23. The molecular formula is C23H28Cl2N2O3. The lowest BCUT2D eigenvalue weighted by Crippen LogP contribution is -2.50. The van der Waals surface area contributed by atoms with Gasteiger partial charge in [0.2, 0.25) is 5.91 Å². The predicted octanol–water partition coefficient (Wildman–Crippen LogP) is 4.93. The summed E-state index contributed by atoms with van der Waals surface area (Å²) in [6, 6.07) is 10.0. The standard InChI is InChI=1S/C23H28Cl2N2O3/c1-14(2)26-23(29)17(5)27(12-19-20(24)7-6-8-21(19)25)22(28)13-30-18-10-9-15(3)16(4)11-18/h6-11,14,17H,12-13H2,1-5H3,(H,26,29)/t17-/m1/s1. The topological polar surface area (TPSA) is 58.6 Å². The Morgan fingerprint density at radius 2 is 1.67 bits per heavy atom. The van der Waals surface area contributed by atoms with Gasteiger partial charge in [-0.25, -0.2) is 0 Å². The van der Waals surface area contributed by atoms with Crippen molar-refractivity contribution < 1.29 is 14.3 Å². The van der Waals surface area contributed by atoms with Gasteiger partial charge in [-0.05, 0) is 70.0 Å². The summed E-state index contributed by atoms with van der Waals surface area (Å²) in [5, 5.41) is 3.71. The summed E-state index contributed by atoms with van der Waals surface area (Å²) in [4.78, 5) is 27.1. The molecule has 30 heavy (non-hydrogen) atoms. The molecule has 0 unspecified atom stereocenters. The van der Waals surface area contributed by atoms with Crippen LogP contribution in [0.2, 0.25) is 10.0 Å². The van der Waals surface area contributed by atoms with Gasteiger partial charge in [-0.2, -0.15) is 0 Å². The molecule has 0 fully saturated rings. The first kappa shape index (κ1) is 24.0. The van der Waals surface area contributed by atoms with Gasteiger partial charge in [-0.15, -0.1) is 0 Å². The summed E-state index contributed by atoms with van der Waals surface area (Å²) in [6.07, 6.45) is 0. The minimum atomic E-state index is -0.726. The first-order valence-electron chi connectivity index (χ1n) is 9.83. The fourth-order valence-corrected chi connectivity index (χ4v) is 3.39. The van der Waals surface area contributed by atoms with E-state index in [1.807, 2.05) is 45.9 Å². The third-order valence-electron chi connectivity index (χ3n) is 4.83. The smallest absolute Gasteiger partial charge is 0.261 e. The number of aryl methyl sites for hydroxylation is 2. The molecule has 0 saturated heterocycles. The van der Waals surface area contributed by atoms with Crippen molar-refractivity contribution in [2.75, 3.05) is 6.61 Å². The molecule has 2 rings (SSSR count). The van der Waals surface area contributed by atoms with Crippen LogP contribution in [-0.2, 0) is 16.1 Å². The van der Waals surface area contributed by atoms with Gasteiger partial charge in [-0.1, -0.05) is 35.3 Å². The van der Waals surface area contributed by atoms with Crippen LogP contribution in [0.15, 0.2) is 36.4 Å². The average Bonchev–Trinajstić information content (AvgIpc) is 2.67. The zero-order valence-electron chi connectivity index (χ0n) is 18.0. The number of carbonyl (C=O) groups is 2. The van der Waals surface area contributed by atoms with Crippen LogP contribution in [-0.4, -0.2) is 35.4 Å². The van der Waals surface area contributed by atoms with Crippen molar-refractivity contribution in [3.05, 3.63) is 63.1 Å². The maximum Gasteiger partial charge on any atom is 0.261 e. The third kappa shape index (κ3) is 6.38. The van der Waals surface area contributed by atoms with E-state index in [0.717, 1.165) is 11.1 Å². The molecule has 1 N–H and O–H groups in total. The van der Waals surface area contributed by atoms with Gasteiger partial charge in [-0.3, -0.25) is 9.59 Å². The van der Waals surface area contributed by atoms with Gasteiger partial charge >= 0.3 is 0 Å². The SMILES string of the molecule is Cc1ccc(OCC(=O)N(Cc2c(Cl)cccc2Cl)[C@H](C)C(=O)NC(C)C)cc1C. The molecule has 5 nitrogen and oxygen atoms in total. The van der Waals surface area contributed by atoms with E-state index in [0.29, 0.717) is 21.4 Å². The Bertz CT molecular complexity index is 895. The largest absolute Gasteiger partial charge is 0.484 e. The molecule has 0 spiro atoms. The van der Waals surface area contributed by atoms with Gasteiger partial charge < -0.3 is 15.0 Å². The minimum absolute atomic E-state index is 0.0485. The Hall–Kier alpha value is -2.24. The average molecular weight is 451 g/mol. The van der Waals surface area contributed by atoms with Crippen LogP contribution in [0.5, 0.6) is 5.75 Å². The molecule has 2 aromatic rings. The van der Waals surface area contributed by atoms with Crippen LogP contribution in [0.1, 0.15) is 37.5 Å². The molecular weight excluding hydrogens is 423 g/mol. The van der Waals surface area contributed by atoms with Crippen LogP contribution in [0.3, 0.4) is 0 Å². The highest BCUT2D eigenvalue weighted by molar-refractivity contribution is 6.36. The van der Waals surface area contributed by atoms with Crippen molar-refractivity contribution in [2.45, 2.75) is 53.2 Å². The van der Waals surface area contributed by atoms with Gasteiger partial charge in [0.25, 0.3) is 5.91 Å². The summed E-state index contributed by atoms with van der Waals surface area (Å²) in [5.41, 5.74) is 2.80. The molecule has 0 bridgehead atoms. The van der Waals surface area contributed by atoms with E-state index in [2.05, 4.69) is 5.32 Å². The van der Waals surface area contributed by atoms with Gasteiger partial charge in [0.1, 0.15) is 11.8 Å². The normalized spacial score (nSPS) is 11.9. The molecule has 0 aliphatic rings. The highest BCUT2D eigenvalue weighted by atomic mass is 35.5. The molecule has 0 aliphatic heterocycles. The van der Waals surface area contributed by atoms with Crippen LogP contribution < -0.4 is 10.1 Å². The zero-order chi connectivity index (χ0) is 22.4. The summed E-state index contributed by atoms with van der Waals surface area (Å²) in [7, 11) is 0. The zero-order valence-corrected chi connectivity index (χ0v) is 19.5. The van der Waals surface area contributed by atoms with Crippen LogP contribution in [0.25, 0.3) is 0 Å². The van der Waals surface area contributed by atoms with Gasteiger partial charge in [0.15, 0.2) is 6.61 Å². The van der Waals surface area contributed by atoms with Crippen LogP contribution >= 0.6 is 23.2 Å². The van der Waals surface area contributed by atoms with E-state index >= 15 is 0 Å². The second-order valence-corrected chi connectivity index (χ2v) is 8.41. The summed E-state index contributed by atoms with van der Waals surface area (Å²) in [6.45, 7) is 9.29. The Morgan fingerprint density at radius 1 is 1.03 bits per heavy atom. The molecule has 0 aromatic heterocycles. The molecule has 0 heterocycles. The maximum absolute atomic E-state index is 13.1. The van der Waals surface area contributed by atoms with E-state index in [1.165, 1.54) is 4.90 Å². The van der Waals surface area contributed by atoms with Crippen molar-refractivity contribution in [3.63, 3.8) is 0 Å². The summed E-state index contributed by atoms with van der Waals surface area (Å²) in [5.74, 6) is 0.00443. The highest BCUT2D eigenvalue weighted by Gasteiger charge is 2.28. The van der Waals surface area contributed by atoms with Crippen LogP contribution in [0.4, 0.5) is 0 Å². The van der Waals surface area contributed by atoms with Crippen LogP contribution in [0, 0.1) is 13.8 Å². The number of carbonyl (C=O) groups excluding carboxylic acids is 2. The lowest BCUT2D eigenvalue weighted by atomic mass is 10.1. The number of halogens is 2. The van der Waals surface area contributed by atoms with Crippen molar-refractivity contribution in [1.82, 2.24) is 10.2 Å². The van der Waals surface area contributed by atoms with E-state index in [4.69, 9.17) is 27.9 Å². The van der Waals surface area contributed by atoms with E-state index in [-0.39, 0.29) is 31.0 Å². The van der Waals surface area contributed by atoms with E-state index in [1.54, 1.807) is 25.1 Å². The summed E-state index contributed by atoms with van der Waals surface area (Å²) < 4.78 is 5.70. The first-order valence-corrected chi connectivity index (χ1v) is 10.6. The number of ether oxygens (including phenoxy) is 1. The second kappa shape index (κ2) is 10.7. The third-order valence-corrected chi connectivity index (χ3v) is 5.54. The number of benzene rings is 2. The highest BCUT2D eigenvalue weighted by Crippen LogP contribution is 2.26. The number of rotatable bonds is 8. The first-order chi connectivity index (χ1) is 14.1. The van der Waals surface area contributed by atoms with Crippen molar-refractivity contribution >= 4 is 35.0 Å². The molecule has 162 valence electrons. The number of hydrogen-bond donors (Lipinski definition) is 1. The molecule has 7 heteroatoms. The number of nitrogens with zero attached hydrogens (tertiary/aromatic N) is 1. The van der Waals surface area contributed by atoms with Gasteiger partial charge in [0, 0.05) is 28.2 Å². The molecule has 0 aliphatic carbocycles. The Labute approximate surface area is 188 Å². The van der Waals surface area contributed by atoms with E-state index in [9.17, 15) is 9.59 Å². The fraction of sp³-hybridized carbons (Fsp3) is 0.391.